The number of aromatic nitrogens is 3. The summed E-state index contributed by atoms with van der Waals surface area (Å²) in [6, 6.07) is 6.01. The number of pyridine rings is 1. The first-order valence-electron chi connectivity index (χ1n) is 9.76. The van der Waals surface area contributed by atoms with Crippen LogP contribution in [0.4, 0.5) is 4.79 Å². The van der Waals surface area contributed by atoms with Gasteiger partial charge >= 0.3 is 6.09 Å². The Morgan fingerprint density at radius 2 is 2.15 bits per heavy atom. The Kier molecular flexibility index (Phi) is 5.11. The first kappa shape index (κ1) is 18.0. The molecule has 0 N–H and O–H groups in total. The zero-order valence-corrected chi connectivity index (χ0v) is 16.0. The van der Waals surface area contributed by atoms with Gasteiger partial charge in [0.2, 0.25) is 0 Å². The highest BCUT2D eigenvalue weighted by atomic mass is 16.6. The largest absolute Gasteiger partial charge is 0.442 e. The van der Waals surface area contributed by atoms with Crippen LogP contribution in [0.3, 0.4) is 0 Å². The minimum atomic E-state index is -0.187. The van der Waals surface area contributed by atoms with Crippen molar-refractivity contribution in [3.63, 3.8) is 0 Å². The second-order valence-electron chi connectivity index (χ2n) is 7.45. The van der Waals surface area contributed by atoms with Crippen LogP contribution < -0.4 is 0 Å². The van der Waals surface area contributed by atoms with Crippen molar-refractivity contribution in [3.8, 4) is 0 Å². The van der Waals surface area contributed by atoms with Crippen molar-refractivity contribution in [3.05, 3.63) is 47.5 Å². The zero-order valence-electron chi connectivity index (χ0n) is 16.0. The molecular weight excluding hydrogens is 342 g/mol. The molecule has 0 aromatic carbocycles. The van der Waals surface area contributed by atoms with E-state index < -0.39 is 0 Å². The maximum Gasteiger partial charge on any atom is 0.410 e. The molecule has 0 bridgehead atoms. The summed E-state index contributed by atoms with van der Waals surface area (Å²) in [6.45, 7) is 8.31. The van der Waals surface area contributed by atoms with Gasteiger partial charge in [0, 0.05) is 62.8 Å². The average Bonchev–Trinajstić information content (AvgIpc) is 3.28. The Balaban J connectivity index is 1.37. The monoisotopic (exact) mass is 369 g/mol. The molecular formula is C20H27N5O2. The number of rotatable bonds is 7. The van der Waals surface area contributed by atoms with E-state index in [1.54, 1.807) is 6.20 Å². The molecule has 0 saturated carbocycles. The number of hydrogen-bond donors (Lipinski definition) is 0. The Bertz CT molecular complexity index is 791. The van der Waals surface area contributed by atoms with Gasteiger partial charge < -0.3 is 4.74 Å². The van der Waals surface area contributed by atoms with Gasteiger partial charge in [0.1, 0.15) is 6.10 Å². The lowest BCUT2D eigenvalue weighted by Gasteiger charge is -2.22. The van der Waals surface area contributed by atoms with Gasteiger partial charge in [-0.15, -0.1) is 0 Å². The van der Waals surface area contributed by atoms with Gasteiger partial charge in [0.05, 0.1) is 11.7 Å². The molecule has 27 heavy (non-hydrogen) atoms. The molecule has 0 unspecified atom stereocenters. The quantitative estimate of drug-likeness (QED) is 0.749. The van der Waals surface area contributed by atoms with E-state index in [9.17, 15) is 4.79 Å². The van der Waals surface area contributed by atoms with Gasteiger partial charge in [-0.2, -0.15) is 5.10 Å². The molecule has 0 spiro atoms. The fourth-order valence-corrected chi connectivity index (χ4v) is 4.05. The van der Waals surface area contributed by atoms with Gasteiger partial charge in [-0.25, -0.2) is 4.79 Å². The predicted octanol–water partition coefficient (Wildman–Crippen LogP) is 2.24. The number of hydrogen-bond acceptors (Lipinski definition) is 5. The third kappa shape index (κ3) is 3.83. The summed E-state index contributed by atoms with van der Waals surface area (Å²) >= 11 is 0. The Morgan fingerprint density at radius 1 is 1.26 bits per heavy atom. The summed E-state index contributed by atoms with van der Waals surface area (Å²) in [7, 11) is 0. The minimum Gasteiger partial charge on any atom is -0.442 e. The van der Waals surface area contributed by atoms with Crippen LogP contribution >= 0.6 is 0 Å². The molecule has 7 heteroatoms. The van der Waals surface area contributed by atoms with E-state index in [0.717, 1.165) is 50.4 Å². The van der Waals surface area contributed by atoms with Gasteiger partial charge in [-0.1, -0.05) is 13.0 Å². The van der Waals surface area contributed by atoms with Crippen LogP contribution in [0.5, 0.6) is 0 Å². The second-order valence-corrected chi connectivity index (χ2v) is 7.45. The molecule has 2 aromatic heterocycles. The third-order valence-corrected chi connectivity index (χ3v) is 5.43. The van der Waals surface area contributed by atoms with E-state index in [2.05, 4.69) is 35.0 Å². The van der Waals surface area contributed by atoms with Gasteiger partial charge in [-0.05, 0) is 25.5 Å². The third-order valence-electron chi connectivity index (χ3n) is 5.43. The molecule has 4 heterocycles. The van der Waals surface area contributed by atoms with E-state index in [4.69, 9.17) is 4.74 Å². The van der Waals surface area contributed by atoms with E-state index >= 15 is 0 Å². The van der Waals surface area contributed by atoms with Crippen molar-refractivity contribution < 1.29 is 9.53 Å². The summed E-state index contributed by atoms with van der Waals surface area (Å²) < 4.78 is 7.66. The number of fused-ring (bicyclic) bond motifs is 1. The van der Waals surface area contributed by atoms with E-state index in [1.165, 1.54) is 5.56 Å². The smallest absolute Gasteiger partial charge is 0.410 e. The van der Waals surface area contributed by atoms with Crippen molar-refractivity contribution in [1.82, 2.24) is 24.6 Å². The van der Waals surface area contributed by atoms with E-state index in [-0.39, 0.29) is 18.2 Å². The van der Waals surface area contributed by atoms with Gasteiger partial charge in [0.25, 0.3) is 0 Å². The van der Waals surface area contributed by atoms with Crippen LogP contribution in [0.15, 0.2) is 30.6 Å². The summed E-state index contributed by atoms with van der Waals surface area (Å²) in [5.74, 6) is 0. The van der Waals surface area contributed by atoms with Crippen LogP contribution in [0.25, 0.3) is 0 Å². The summed E-state index contributed by atoms with van der Waals surface area (Å²) in [5, 5.41) is 4.59. The highest BCUT2D eigenvalue weighted by Gasteiger charge is 2.47. The first-order valence-corrected chi connectivity index (χ1v) is 9.76. The van der Waals surface area contributed by atoms with Crippen LogP contribution in [-0.4, -0.2) is 62.4 Å². The topological polar surface area (TPSA) is 63.5 Å². The molecule has 1 amide bonds. The predicted molar refractivity (Wildman–Crippen MR) is 101 cm³/mol. The van der Waals surface area contributed by atoms with Crippen molar-refractivity contribution >= 4 is 6.09 Å². The summed E-state index contributed by atoms with van der Waals surface area (Å²) in [6.07, 6.45) is 5.55. The maximum atomic E-state index is 12.3. The fraction of sp³-hybridized carbons (Fsp3) is 0.550. The fourth-order valence-electron chi connectivity index (χ4n) is 4.05. The van der Waals surface area contributed by atoms with E-state index in [1.807, 2.05) is 27.8 Å². The van der Waals surface area contributed by atoms with Crippen molar-refractivity contribution in [2.45, 2.75) is 51.9 Å². The lowest BCUT2D eigenvalue weighted by Crippen LogP contribution is -2.39. The molecule has 2 atom stereocenters. The molecule has 0 aliphatic carbocycles. The number of carbonyl (C=O) groups excluding carboxylic acids is 1. The minimum absolute atomic E-state index is 0.0350. The molecule has 7 nitrogen and oxygen atoms in total. The lowest BCUT2D eigenvalue weighted by atomic mass is 10.2. The number of ether oxygens (including phenoxy) is 1. The number of aryl methyl sites for hydroxylation is 2. The number of amides is 1. The van der Waals surface area contributed by atoms with Crippen molar-refractivity contribution in [2.24, 2.45) is 0 Å². The zero-order chi connectivity index (χ0) is 18.8. The summed E-state index contributed by atoms with van der Waals surface area (Å²) in [4.78, 5) is 20.9. The molecule has 2 aliphatic rings. The summed E-state index contributed by atoms with van der Waals surface area (Å²) in [5.41, 5.74) is 3.35. The molecule has 0 radical (unpaired) electrons. The second kappa shape index (κ2) is 7.68. The molecule has 2 aliphatic heterocycles. The van der Waals surface area contributed by atoms with Crippen molar-refractivity contribution in [2.75, 3.05) is 19.6 Å². The highest BCUT2D eigenvalue weighted by Crippen LogP contribution is 2.28. The Hall–Kier alpha value is -2.41. The Morgan fingerprint density at radius 3 is 2.93 bits per heavy atom. The Labute approximate surface area is 159 Å². The molecule has 144 valence electrons. The maximum absolute atomic E-state index is 12.3. The molecule has 2 saturated heterocycles. The lowest BCUT2D eigenvalue weighted by molar-refractivity contribution is 0.120. The van der Waals surface area contributed by atoms with Crippen LogP contribution in [0, 0.1) is 6.92 Å². The number of carbonyl (C=O) groups is 1. The number of nitrogens with zero attached hydrogens (tertiary/aromatic N) is 5. The molecule has 2 fully saturated rings. The first-order chi connectivity index (χ1) is 13.1. The van der Waals surface area contributed by atoms with Gasteiger partial charge in [0.15, 0.2) is 0 Å². The highest BCUT2D eigenvalue weighted by molar-refractivity contribution is 5.71. The molecule has 2 aromatic rings. The normalized spacial score (nSPS) is 22.3. The van der Waals surface area contributed by atoms with E-state index in [0.29, 0.717) is 6.54 Å². The van der Waals surface area contributed by atoms with Crippen molar-refractivity contribution in [1.29, 1.82) is 0 Å². The standard InChI is InChI=1S/C20H27N5O2/c1-3-9-24-12-16(15(2)22-24)11-23-13-18-19(14-23)27-20(26)25(18)10-7-17-6-4-5-8-21-17/h4-6,8,12,18-19H,3,7,9-11,13-14H2,1-2H3/t18-,19+/m0/s1. The van der Waals surface area contributed by atoms with Crippen LogP contribution in [0.2, 0.25) is 0 Å². The SMILES string of the molecule is CCCn1cc(CN2C[C@H]3OC(=O)N(CCc4ccccn4)[C@H]3C2)c(C)n1. The number of likely N-dealkylation sites (tertiary alicyclic amines) is 1. The van der Waals surface area contributed by atoms with Crippen LogP contribution in [0.1, 0.15) is 30.3 Å². The molecule has 4 rings (SSSR count). The van der Waals surface area contributed by atoms with Crippen LogP contribution in [-0.2, 0) is 24.2 Å². The van der Waals surface area contributed by atoms with Gasteiger partial charge in [-0.3, -0.25) is 19.5 Å². The average molecular weight is 369 g/mol.